The van der Waals surface area contributed by atoms with Gasteiger partial charge in [0, 0.05) is 36.3 Å². The lowest BCUT2D eigenvalue weighted by atomic mass is 10.3. The van der Waals surface area contributed by atoms with Crippen LogP contribution in [0.25, 0.3) is 0 Å². The second kappa shape index (κ2) is 6.38. The molecule has 6 heteroatoms. The minimum Gasteiger partial charge on any atom is -0.495 e. The van der Waals surface area contributed by atoms with Gasteiger partial charge in [0.1, 0.15) is 5.75 Å². The van der Waals surface area contributed by atoms with Gasteiger partial charge in [-0.2, -0.15) is 0 Å². The van der Waals surface area contributed by atoms with Gasteiger partial charge >= 0.3 is 0 Å². The quantitative estimate of drug-likeness (QED) is 0.842. The van der Waals surface area contributed by atoms with Crippen molar-refractivity contribution >= 4 is 16.5 Å². The minimum atomic E-state index is -1.25. The van der Waals surface area contributed by atoms with Crippen molar-refractivity contribution in [1.29, 1.82) is 0 Å². The summed E-state index contributed by atoms with van der Waals surface area (Å²) in [4.78, 5) is 12.1. The highest BCUT2D eigenvalue weighted by atomic mass is 32.2. The summed E-state index contributed by atoms with van der Waals surface area (Å²) < 4.78 is 19.0. The molecule has 2 aromatic rings. The third kappa shape index (κ3) is 3.27. The van der Waals surface area contributed by atoms with Crippen molar-refractivity contribution in [3.63, 3.8) is 0 Å². The zero-order valence-electron chi connectivity index (χ0n) is 11.1. The number of hydrogen-bond donors (Lipinski definition) is 1. The van der Waals surface area contributed by atoms with Gasteiger partial charge in [-0.3, -0.25) is 9.00 Å². The Hall–Kier alpha value is -2.08. The van der Waals surface area contributed by atoms with Crippen LogP contribution in [0.5, 0.6) is 5.75 Å². The van der Waals surface area contributed by atoms with Crippen molar-refractivity contribution in [2.75, 3.05) is 18.6 Å². The van der Waals surface area contributed by atoms with Crippen LogP contribution in [-0.4, -0.2) is 21.6 Å². The molecule has 0 aliphatic heterocycles. The molecule has 0 aliphatic rings. The van der Waals surface area contributed by atoms with E-state index in [1.54, 1.807) is 36.5 Å². The van der Waals surface area contributed by atoms with Crippen molar-refractivity contribution in [3.8, 4) is 5.75 Å². The van der Waals surface area contributed by atoms with Gasteiger partial charge in [0.25, 0.3) is 5.56 Å². The lowest BCUT2D eigenvalue weighted by molar-refractivity contribution is 0.404. The van der Waals surface area contributed by atoms with E-state index in [9.17, 15) is 9.00 Å². The smallest absolute Gasteiger partial charge is 0.250 e. The molecule has 1 heterocycles. The summed E-state index contributed by atoms with van der Waals surface area (Å²) in [5.74, 6) is 0.841. The number of benzene rings is 1. The van der Waals surface area contributed by atoms with Crippen LogP contribution >= 0.6 is 0 Å². The number of methoxy groups -OCH3 is 1. The van der Waals surface area contributed by atoms with Gasteiger partial charge in [0.2, 0.25) is 0 Å². The third-order valence-corrected chi connectivity index (χ3v) is 4.23. The molecule has 5 nitrogen and oxygen atoms in total. The van der Waals surface area contributed by atoms with E-state index in [4.69, 9.17) is 10.5 Å². The van der Waals surface area contributed by atoms with Crippen LogP contribution in [0.1, 0.15) is 0 Å². The van der Waals surface area contributed by atoms with Crippen molar-refractivity contribution in [2.24, 2.45) is 0 Å². The predicted octanol–water partition coefficient (Wildman–Crippen LogP) is 1.25. The molecule has 1 aromatic carbocycles. The molecule has 0 aliphatic carbocycles. The normalized spacial score (nSPS) is 12.1. The molecule has 20 heavy (non-hydrogen) atoms. The van der Waals surface area contributed by atoms with Crippen LogP contribution in [0.15, 0.2) is 52.3 Å². The molecule has 2 rings (SSSR count). The van der Waals surface area contributed by atoms with Gasteiger partial charge in [-0.1, -0.05) is 6.07 Å². The fourth-order valence-corrected chi connectivity index (χ4v) is 2.98. The third-order valence-electron chi connectivity index (χ3n) is 2.85. The van der Waals surface area contributed by atoms with E-state index < -0.39 is 10.8 Å². The lowest BCUT2D eigenvalue weighted by Crippen LogP contribution is -2.21. The highest BCUT2D eigenvalue weighted by Gasteiger charge is 2.11. The van der Waals surface area contributed by atoms with Crippen LogP contribution in [0.3, 0.4) is 0 Å². The minimum absolute atomic E-state index is 0.103. The maximum Gasteiger partial charge on any atom is 0.250 e. The van der Waals surface area contributed by atoms with E-state index in [0.29, 0.717) is 28.6 Å². The highest BCUT2D eigenvalue weighted by molar-refractivity contribution is 7.85. The molecule has 0 radical (unpaired) electrons. The van der Waals surface area contributed by atoms with E-state index in [1.165, 1.54) is 17.7 Å². The van der Waals surface area contributed by atoms with E-state index in [2.05, 4.69) is 0 Å². The van der Waals surface area contributed by atoms with E-state index in [0.717, 1.165) is 0 Å². The number of anilines is 1. The molecule has 1 atom stereocenters. The Kier molecular flexibility index (Phi) is 4.57. The Morgan fingerprint density at radius 1 is 1.30 bits per heavy atom. The first kappa shape index (κ1) is 14.3. The average Bonchev–Trinajstić information content (AvgIpc) is 2.46. The molecule has 2 N–H and O–H groups in total. The number of nitrogen functional groups attached to an aromatic ring is 1. The largest absolute Gasteiger partial charge is 0.495 e. The number of rotatable bonds is 5. The fraction of sp³-hybridized carbons (Fsp3) is 0.214. The molecule has 0 saturated carbocycles. The Morgan fingerprint density at radius 3 is 2.80 bits per heavy atom. The number of nitrogens with two attached hydrogens (primary N) is 1. The summed E-state index contributed by atoms with van der Waals surface area (Å²) in [7, 11) is 0.259. The molecule has 1 unspecified atom stereocenters. The second-order valence-electron chi connectivity index (χ2n) is 4.19. The SMILES string of the molecule is COc1cc(N)ccc1S(=O)CCn1ccccc1=O. The fourth-order valence-electron chi connectivity index (χ4n) is 1.81. The standard InChI is InChI=1S/C14H16N2O3S/c1-19-12-10-11(15)5-6-13(12)20(18)9-8-16-7-3-2-4-14(16)17/h2-7,10H,8-9,15H2,1H3. The van der Waals surface area contributed by atoms with Crippen LogP contribution in [0.2, 0.25) is 0 Å². The van der Waals surface area contributed by atoms with Gasteiger partial charge in [-0.25, -0.2) is 0 Å². The zero-order valence-corrected chi connectivity index (χ0v) is 11.9. The molecule has 0 spiro atoms. The summed E-state index contributed by atoms with van der Waals surface area (Å²) in [6.45, 7) is 0.389. The number of hydrogen-bond acceptors (Lipinski definition) is 4. The maximum absolute atomic E-state index is 12.3. The van der Waals surface area contributed by atoms with Crippen molar-refractivity contribution in [3.05, 3.63) is 52.9 Å². The molecular weight excluding hydrogens is 276 g/mol. The molecule has 0 fully saturated rings. The van der Waals surface area contributed by atoms with Gasteiger partial charge in [-0.05, 0) is 18.2 Å². The summed E-state index contributed by atoms with van der Waals surface area (Å²) in [5.41, 5.74) is 6.12. The number of ether oxygens (including phenoxy) is 1. The summed E-state index contributed by atoms with van der Waals surface area (Å²) >= 11 is 0. The van der Waals surface area contributed by atoms with E-state index in [1.807, 2.05) is 0 Å². The van der Waals surface area contributed by atoms with Gasteiger partial charge in [-0.15, -0.1) is 0 Å². The van der Waals surface area contributed by atoms with E-state index in [-0.39, 0.29) is 5.56 Å². The molecule has 0 saturated heterocycles. The van der Waals surface area contributed by atoms with Crippen molar-refractivity contribution < 1.29 is 8.95 Å². The summed E-state index contributed by atoms with van der Waals surface area (Å²) in [6, 6.07) is 9.95. The Balaban J connectivity index is 2.13. The first-order valence-electron chi connectivity index (χ1n) is 6.09. The Labute approximate surface area is 119 Å². The molecule has 1 aromatic heterocycles. The van der Waals surface area contributed by atoms with Crippen LogP contribution < -0.4 is 16.0 Å². The van der Waals surface area contributed by atoms with Crippen molar-refractivity contribution in [1.82, 2.24) is 4.57 Å². The zero-order chi connectivity index (χ0) is 14.5. The highest BCUT2D eigenvalue weighted by Crippen LogP contribution is 2.24. The van der Waals surface area contributed by atoms with Gasteiger partial charge in [0.05, 0.1) is 22.8 Å². The predicted molar refractivity (Wildman–Crippen MR) is 79.4 cm³/mol. The summed E-state index contributed by atoms with van der Waals surface area (Å²) in [5, 5.41) is 0. The molecule has 0 amide bonds. The maximum atomic E-state index is 12.3. The number of aryl methyl sites for hydroxylation is 1. The van der Waals surface area contributed by atoms with E-state index >= 15 is 0 Å². The Morgan fingerprint density at radius 2 is 2.10 bits per heavy atom. The first-order valence-corrected chi connectivity index (χ1v) is 7.41. The first-order chi connectivity index (χ1) is 9.61. The monoisotopic (exact) mass is 292 g/mol. The van der Waals surface area contributed by atoms with Crippen molar-refractivity contribution in [2.45, 2.75) is 11.4 Å². The topological polar surface area (TPSA) is 74.3 Å². The number of nitrogens with zero attached hydrogens (tertiary/aromatic N) is 1. The van der Waals surface area contributed by atoms with Crippen LogP contribution in [0.4, 0.5) is 5.69 Å². The Bertz CT molecular complexity index is 682. The van der Waals surface area contributed by atoms with Crippen LogP contribution in [0, 0.1) is 0 Å². The molecule has 106 valence electrons. The number of aromatic nitrogens is 1. The van der Waals surface area contributed by atoms with Gasteiger partial charge < -0.3 is 15.0 Å². The average molecular weight is 292 g/mol. The van der Waals surface area contributed by atoms with Gasteiger partial charge in [0.15, 0.2) is 0 Å². The second-order valence-corrected chi connectivity index (χ2v) is 5.73. The number of pyridine rings is 1. The summed E-state index contributed by atoms with van der Waals surface area (Å²) in [6.07, 6.45) is 1.68. The van der Waals surface area contributed by atoms with Crippen LogP contribution in [-0.2, 0) is 17.3 Å². The molecular formula is C14H16N2O3S. The molecule has 0 bridgehead atoms. The lowest BCUT2D eigenvalue weighted by Gasteiger charge is -2.10.